The predicted molar refractivity (Wildman–Crippen MR) is 125 cm³/mol. The Labute approximate surface area is 182 Å². The Morgan fingerprint density at radius 1 is 1.00 bits per heavy atom. The number of rotatable bonds is 6. The van der Waals surface area contributed by atoms with Crippen LogP contribution >= 0.6 is 11.3 Å². The fourth-order valence-electron chi connectivity index (χ4n) is 3.43. The first-order valence-electron chi connectivity index (χ1n) is 9.93. The molecule has 2 aromatic carbocycles. The third kappa shape index (κ3) is 4.65. The van der Waals surface area contributed by atoms with Crippen LogP contribution in [0.25, 0.3) is 11.3 Å². The molecular formula is C24H29N3O2S. The van der Waals surface area contributed by atoms with Gasteiger partial charge in [-0.3, -0.25) is 4.99 Å². The van der Waals surface area contributed by atoms with Gasteiger partial charge in [0.25, 0.3) is 0 Å². The molecule has 0 unspecified atom stereocenters. The lowest BCUT2D eigenvalue weighted by molar-refractivity contribution is 0.404. The lowest BCUT2D eigenvalue weighted by Gasteiger charge is -2.11. The van der Waals surface area contributed by atoms with Gasteiger partial charge in [0, 0.05) is 22.5 Å². The average molecular weight is 424 g/mol. The van der Waals surface area contributed by atoms with Crippen LogP contribution in [0.1, 0.15) is 36.1 Å². The normalized spacial score (nSPS) is 12.2. The van der Waals surface area contributed by atoms with Gasteiger partial charge >= 0.3 is 0 Å². The van der Waals surface area contributed by atoms with Crippen molar-refractivity contribution in [2.45, 2.75) is 40.7 Å². The summed E-state index contributed by atoms with van der Waals surface area (Å²) in [4.78, 5) is 5.61. The van der Waals surface area contributed by atoms with Gasteiger partial charge in [-0.1, -0.05) is 17.7 Å². The molecule has 30 heavy (non-hydrogen) atoms. The van der Waals surface area contributed by atoms with Crippen molar-refractivity contribution >= 4 is 17.6 Å². The summed E-state index contributed by atoms with van der Waals surface area (Å²) < 4.78 is 12.9. The Hall–Kier alpha value is -2.86. The SMILES string of the molecule is COc1ccc(OC)c(-c2csc(=NC(C)C)n2N=Cc2c(C)cc(C)cc2C)c1. The maximum atomic E-state index is 5.61. The Kier molecular flexibility index (Phi) is 6.77. The molecule has 1 aromatic heterocycles. The highest BCUT2D eigenvalue weighted by Crippen LogP contribution is 2.33. The van der Waals surface area contributed by atoms with Gasteiger partial charge in [0.2, 0.25) is 4.80 Å². The van der Waals surface area contributed by atoms with E-state index in [2.05, 4.69) is 52.1 Å². The molecule has 5 nitrogen and oxygen atoms in total. The lowest BCUT2D eigenvalue weighted by Crippen LogP contribution is -2.15. The fourth-order valence-corrected chi connectivity index (χ4v) is 4.39. The number of methoxy groups -OCH3 is 2. The maximum Gasteiger partial charge on any atom is 0.206 e. The van der Waals surface area contributed by atoms with Crippen LogP contribution in [0.5, 0.6) is 11.5 Å². The van der Waals surface area contributed by atoms with Crippen molar-refractivity contribution in [2.75, 3.05) is 14.2 Å². The van der Waals surface area contributed by atoms with Crippen LogP contribution in [-0.2, 0) is 0 Å². The summed E-state index contributed by atoms with van der Waals surface area (Å²) in [6.45, 7) is 10.5. The van der Waals surface area contributed by atoms with Gasteiger partial charge in [-0.15, -0.1) is 11.3 Å². The van der Waals surface area contributed by atoms with Gasteiger partial charge in [0.15, 0.2) is 0 Å². The number of thiazole rings is 1. The summed E-state index contributed by atoms with van der Waals surface area (Å²) in [5.41, 5.74) is 6.60. The number of aryl methyl sites for hydroxylation is 3. The predicted octanol–water partition coefficient (Wildman–Crippen LogP) is 5.35. The van der Waals surface area contributed by atoms with E-state index in [9.17, 15) is 0 Å². The molecule has 0 saturated heterocycles. The maximum absolute atomic E-state index is 5.61. The van der Waals surface area contributed by atoms with E-state index in [1.165, 1.54) is 16.7 Å². The van der Waals surface area contributed by atoms with E-state index in [-0.39, 0.29) is 6.04 Å². The number of ether oxygens (including phenoxy) is 2. The van der Waals surface area contributed by atoms with E-state index in [4.69, 9.17) is 19.6 Å². The largest absolute Gasteiger partial charge is 0.497 e. The van der Waals surface area contributed by atoms with E-state index in [1.54, 1.807) is 25.6 Å². The molecule has 3 rings (SSSR count). The van der Waals surface area contributed by atoms with Crippen LogP contribution in [0.3, 0.4) is 0 Å². The lowest BCUT2D eigenvalue weighted by atomic mass is 10.0. The second kappa shape index (κ2) is 9.30. The van der Waals surface area contributed by atoms with Gasteiger partial charge in [-0.2, -0.15) is 5.10 Å². The van der Waals surface area contributed by atoms with Crippen molar-refractivity contribution in [3.8, 4) is 22.8 Å². The highest BCUT2D eigenvalue weighted by Gasteiger charge is 2.14. The van der Waals surface area contributed by atoms with E-state index in [1.807, 2.05) is 29.1 Å². The third-order valence-electron chi connectivity index (χ3n) is 4.78. The van der Waals surface area contributed by atoms with E-state index in [0.29, 0.717) is 0 Å². The first-order valence-corrected chi connectivity index (χ1v) is 10.8. The molecule has 3 aromatic rings. The summed E-state index contributed by atoms with van der Waals surface area (Å²) >= 11 is 1.56. The average Bonchev–Trinajstić information content (AvgIpc) is 3.08. The Morgan fingerprint density at radius 3 is 2.30 bits per heavy atom. The zero-order valence-corrected chi connectivity index (χ0v) is 19.5. The van der Waals surface area contributed by atoms with Crippen molar-refractivity contribution in [1.82, 2.24) is 4.68 Å². The summed E-state index contributed by atoms with van der Waals surface area (Å²) in [6, 6.07) is 10.3. The summed E-state index contributed by atoms with van der Waals surface area (Å²) in [7, 11) is 3.33. The number of nitrogens with zero attached hydrogens (tertiary/aromatic N) is 3. The standard InChI is InChI=1S/C24H29N3O2S/c1-15(2)26-24-27(25-13-21-17(4)10-16(3)11-18(21)5)22(14-30-24)20-12-19(28-6)8-9-23(20)29-7/h8-15H,1-7H3. The minimum atomic E-state index is 0.160. The Balaban J connectivity index is 2.21. The molecule has 0 saturated carbocycles. The number of hydrogen-bond acceptors (Lipinski definition) is 5. The molecule has 0 spiro atoms. The van der Waals surface area contributed by atoms with Crippen molar-refractivity contribution in [3.63, 3.8) is 0 Å². The van der Waals surface area contributed by atoms with Gasteiger partial charge in [0.05, 0.1) is 26.1 Å². The zero-order chi connectivity index (χ0) is 21.8. The second-order valence-electron chi connectivity index (χ2n) is 7.56. The molecule has 0 radical (unpaired) electrons. The van der Waals surface area contributed by atoms with Crippen molar-refractivity contribution in [3.05, 3.63) is 62.8 Å². The second-order valence-corrected chi connectivity index (χ2v) is 8.40. The van der Waals surface area contributed by atoms with Gasteiger partial charge in [-0.05, 0) is 63.9 Å². The minimum absolute atomic E-state index is 0.160. The molecular weight excluding hydrogens is 394 g/mol. The van der Waals surface area contributed by atoms with Crippen LogP contribution < -0.4 is 14.3 Å². The summed E-state index contributed by atoms with van der Waals surface area (Å²) in [6.07, 6.45) is 1.92. The Morgan fingerprint density at radius 2 is 1.70 bits per heavy atom. The van der Waals surface area contributed by atoms with E-state index < -0.39 is 0 Å². The van der Waals surface area contributed by atoms with Gasteiger partial charge in [-0.25, -0.2) is 4.68 Å². The number of aromatic nitrogens is 1. The third-order valence-corrected chi connectivity index (χ3v) is 5.61. The van der Waals surface area contributed by atoms with Crippen LogP contribution in [-0.4, -0.2) is 31.2 Å². The summed E-state index contributed by atoms with van der Waals surface area (Å²) in [5, 5.41) is 6.92. The van der Waals surface area contributed by atoms with Crippen LogP contribution in [0.15, 0.2) is 45.8 Å². The molecule has 1 heterocycles. The molecule has 0 atom stereocenters. The smallest absolute Gasteiger partial charge is 0.206 e. The minimum Gasteiger partial charge on any atom is -0.497 e. The highest BCUT2D eigenvalue weighted by atomic mass is 32.1. The molecule has 0 aliphatic heterocycles. The number of benzene rings is 2. The molecule has 0 aliphatic rings. The first kappa shape index (κ1) is 21.8. The zero-order valence-electron chi connectivity index (χ0n) is 18.7. The van der Waals surface area contributed by atoms with Crippen LogP contribution in [0, 0.1) is 20.8 Å². The topological polar surface area (TPSA) is 48.1 Å². The quantitative estimate of drug-likeness (QED) is 0.502. The highest BCUT2D eigenvalue weighted by molar-refractivity contribution is 7.07. The van der Waals surface area contributed by atoms with Crippen LogP contribution in [0.2, 0.25) is 0 Å². The van der Waals surface area contributed by atoms with Crippen molar-refractivity contribution in [1.29, 1.82) is 0 Å². The molecule has 0 fully saturated rings. The van der Waals surface area contributed by atoms with Crippen LogP contribution in [0.4, 0.5) is 0 Å². The van der Waals surface area contributed by atoms with Gasteiger partial charge in [0.1, 0.15) is 11.5 Å². The molecule has 0 N–H and O–H groups in total. The van der Waals surface area contributed by atoms with Crippen molar-refractivity contribution < 1.29 is 9.47 Å². The first-order chi connectivity index (χ1) is 14.3. The molecule has 0 aliphatic carbocycles. The van der Waals surface area contributed by atoms with E-state index >= 15 is 0 Å². The molecule has 158 valence electrons. The van der Waals surface area contributed by atoms with E-state index in [0.717, 1.165) is 33.1 Å². The summed E-state index contributed by atoms with van der Waals surface area (Å²) in [5.74, 6) is 1.52. The molecule has 6 heteroatoms. The fraction of sp³-hybridized carbons (Fsp3) is 0.333. The van der Waals surface area contributed by atoms with Gasteiger partial charge < -0.3 is 9.47 Å². The number of hydrogen-bond donors (Lipinski definition) is 0. The van der Waals surface area contributed by atoms with Crippen molar-refractivity contribution in [2.24, 2.45) is 10.1 Å². The molecule has 0 bridgehead atoms. The molecule has 0 amide bonds. The monoisotopic (exact) mass is 423 g/mol. The Bertz CT molecular complexity index is 1120.